The van der Waals surface area contributed by atoms with Gasteiger partial charge in [0.2, 0.25) is 0 Å². The highest BCUT2D eigenvalue weighted by atomic mass is 35.5. The minimum Gasteiger partial charge on any atom is -0.461 e. The first-order valence-corrected chi connectivity index (χ1v) is 10.3. The average molecular weight is 449 g/mol. The maximum Gasteiger partial charge on any atom is 0.357 e. The molecule has 152 valence electrons. The van der Waals surface area contributed by atoms with Crippen molar-refractivity contribution in [3.63, 3.8) is 0 Å². The Bertz CT molecular complexity index is 888. The number of carbonyl (C=O) groups is 2. The fourth-order valence-electron chi connectivity index (χ4n) is 2.92. The molecule has 2 aromatic heterocycles. The van der Waals surface area contributed by atoms with Gasteiger partial charge in [-0.05, 0) is 20.3 Å². The molecule has 2 atom stereocenters. The lowest BCUT2D eigenvalue weighted by Gasteiger charge is -2.34. The molecule has 2 aromatic rings. The summed E-state index contributed by atoms with van der Waals surface area (Å²) in [4.78, 5) is 32.9. The molecule has 7 nitrogen and oxygen atoms in total. The number of aromatic amines is 1. The van der Waals surface area contributed by atoms with Crippen molar-refractivity contribution in [2.45, 2.75) is 32.5 Å². The van der Waals surface area contributed by atoms with Gasteiger partial charge >= 0.3 is 5.97 Å². The molecular weight excluding hydrogens is 430 g/mol. The molecule has 0 spiro atoms. The minimum atomic E-state index is -1.31. The van der Waals surface area contributed by atoms with Crippen LogP contribution in [-0.2, 0) is 4.74 Å². The molecule has 0 radical (unpaired) electrons. The number of nitrogens with zero attached hydrogens (tertiary/aromatic N) is 2. The number of aromatic nitrogens is 2. The lowest BCUT2D eigenvalue weighted by atomic mass is 10.0. The average Bonchev–Trinajstić information content (AvgIpc) is 3.25. The molecule has 0 aromatic carbocycles. The highest BCUT2D eigenvalue weighted by molar-refractivity contribution is 7.13. The van der Waals surface area contributed by atoms with E-state index in [1.807, 2.05) is 0 Å². The Morgan fingerprint density at radius 3 is 2.82 bits per heavy atom. The van der Waals surface area contributed by atoms with Gasteiger partial charge in [-0.25, -0.2) is 14.2 Å². The minimum absolute atomic E-state index is 0.0545. The van der Waals surface area contributed by atoms with Gasteiger partial charge in [0.1, 0.15) is 11.9 Å². The van der Waals surface area contributed by atoms with Crippen molar-refractivity contribution in [3.8, 4) is 0 Å². The van der Waals surface area contributed by atoms with E-state index in [0.29, 0.717) is 23.8 Å². The zero-order valence-electron chi connectivity index (χ0n) is 15.2. The van der Waals surface area contributed by atoms with E-state index in [4.69, 9.17) is 27.9 Å². The summed E-state index contributed by atoms with van der Waals surface area (Å²) in [6.45, 7) is 4.21. The Morgan fingerprint density at radius 1 is 1.46 bits per heavy atom. The van der Waals surface area contributed by atoms with Gasteiger partial charge in [0.15, 0.2) is 10.8 Å². The van der Waals surface area contributed by atoms with E-state index in [1.54, 1.807) is 24.1 Å². The number of rotatable bonds is 5. The largest absolute Gasteiger partial charge is 0.461 e. The van der Waals surface area contributed by atoms with Crippen molar-refractivity contribution in [2.75, 3.05) is 24.6 Å². The van der Waals surface area contributed by atoms with Crippen molar-refractivity contribution >= 4 is 51.5 Å². The molecule has 1 aliphatic heterocycles. The summed E-state index contributed by atoms with van der Waals surface area (Å²) in [5.74, 6) is -0.999. The van der Waals surface area contributed by atoms with Gasteiger partial charge in [0.25, 0.3) is 5.91 Å². The SMILES string of the molecule is CCOC(=O)c1csc(N2CC[C@H](NC(=O)c3[nH]c(C)c(Cl)c3Cl)[C@H](F)C2)n1. The van der Waals surface area contributed by atoms with Crippen LogP contribution in [0.4, 0.5) is 9.52 Å². The molecule has 1 aliphatic rings. The van der Waals surface area contributed by atoms with Gasteiger partial charge in [0, 0.05) is 17.6 Å². The monoisotopic (exact) mass is 448 g/mol. The Morgan fingerprint density at radius 2 is 2.21 bits per heavy atom. The van der Waals surface area contributed by atoms with Gasteiger partial charge in [-0.15, -0.1) is 11.3 Å². The second kappa shape index (κ2) is 8.67. The van der Waals surface area contributed by atoms with Crippen LogP contribution in [0.3, 0.4) is 0 Å². The quantitative estimate of drug-likeness (QED) is 0.682. The zero-order valence-corrected chi connectivity index (χ0v) is 17.6. The molecular formula is C17H19Cl2FN4O3S. The smallest absolute Gasteiger partial charge is 0.357 e. The number of thiazole rings is 1. The number of alkyl halides is 1. The normalized spacial score (nSPS) is 19.5. The highest BCUT2D eigenvalue weighted by Gasteiger charge is 2.33. The zero-order chi connectivity index (χ0) is 20.4. The summed E-state index contributed by atoms with van der Waals surface area (Å²) in [6, 6.07) is -0.660. The van der Waals surface area contributed by atoms with Crippen LogP contribution in [0, 0.1) is 6.92 Å². The Hall–Kier alpha value is -1.84. The predicted octanol–water partition coefficient (Wildman–Crippen LogP) is 3.61. The second-order valence-electron chi connectivity index (χ2n) is 6.32. The third-order valence-electron chi connectivity index (χ3n) is 4.39. The van der Waals surface area contributed by atoms with Crippen LogP contribution in [0.25, 0.3) is 0 Å². The number of ether oxygens (including phenoxy) is 1. The van der Waals surface area contributed by atoms with E-state index in [0.717, 1.165) is 0 Å². The van der Waals surface area contributed by atoms with Crippen LogP contribution in [0.2, 0.25) is 10.0 Å². The van der Waals surface area contributed by atoms with Crippen LogP contribution >= 0.6 is 34.5 Å². The summed E-state index contributed by atoms with van der Waals surface area (Å²) in [5.41, 5.74) is 0.906. The molecule has 0 aliphatic carbocycles. The first-order valence-electron chi connectivity index (χ1n) is 8.67. The predicted molar refractivity (Wildman–Crippen MR) is 107 cm³/mol. The number of anilines is 1. The maximum atomic E-state index is 14.7. The number of amides is 1. The van der Waals surface area contributed by atoms with Gasteiger partial charge in [-0.2, -0.15) is 0 Å². The molecule has 3 rings (SSSR count). The molecule has 2 N–H and O–H groups in total. The molecule has 1 fully saturated rings. The number of esters is 1. The fourth-order valence-corrected chi connectivity index (χ4v) is 4.17. The second-order valence-corrected chi connectivity index (χ2v) is 7.91. The third-order valence-corrected chi connectivity index (χ3v) is 6.23. The molecule has 28 heavy (non-hydrogen) atoms. The van der Waals surface area contributed by atoms with Crippen molar-refractivity contribution in [1.29, 1.82) is 0 Å². The molecule has 0 bridgehead atoms. The van der Waals surface area contributed by atoms with Crippen LogP contribution in [0.15, 0.2) is 5.38 Å². The van der Waals surface area contributed by atoms with Gasteiger partial charge in [-0.3, -0.25) is 4.79 Å². The highest BCUT2D eigenvalue weighted by Crippen LogP contribution is 2.30. The standard InChI is InChI=1S/C17H19Cl2FN4O3S/c1-3-27-16(26)11-7-28-17(23-11)24-5-4-10(9(20)6-24)22-15(25)14-13(19)12(18)8(2)21-14/h7,9-10,21H,3-6H2,1-2H3,(H,22,25)/t9-,10+/m1/s1. The number of aryl methyl sites for hydroxylation is 1. The number of piperidine rings is 1. The van der Waals surface area contributed by atoms with Gasteiger partial charge < -0.3 is 19.9 Å². The summed E-state index contributed by atoms with van der Waals surface area (Å²) in [7, 11) is 0. The summed E-state index contributed by atoms with van der Waals surface area (Å²) in [6.07, 6.45) is -0.926. The number of carbonyl (C=O) groups excluding carboxylic acids is 2. The van der Waals surface area contributed by atoms with Crippen LogP contribution in [0.5, 0.6) is 0 Å². The summed E-state index contributed by atoms with van der Waals surface area (Å²) < 4.78 is 19.6. The maximum absolute atomic E-state index is 14.7. The number of nitrogens with one attached hydrogen (secondary N) is 2. The first kappa shape index (κ1) is 20.9. The van der Waals surface area contributed by atoms with Crippen molar-refractivity contribution in [1.82, 2.24) is 15.3 Å². The lowest BCUT2D eigenvalue weighted by Crippen LogP contribution is -2.52. The van der Waals surface area contributed by atoms with Crippen LogP contribution in [0.1, 0.15) is 40.0 Å². The first-order chi connectivity index (χ1) is 13.3. The summed E-state index contributed by atoms with van der Waals surface area (Å²) in [5, 5.41) is 5.21. The Labute approximate surface area is 175 Å². The number of hydrogen-bond donors (Lipinski definition) is 2. The molecule has 3 heterocycles. The van der Waals surface area contributed by atoms with E-state index < -0.39 is 24.1 Å². The topological polar surface area (TPSA) is 87.3 Å². The number of hydrogen-bond acceptors (Lipinski definition) is 6. The van der Waals surface area contributed by atoms with Crippen LogP contribution < -0.4 is 10.2 Å². The molecule has 0 unspecified atom stereocenters. The Balaban J connectivity index is 1.61. The number of H-pyrrole nitrogens is 1. The molecule has 1 saturated heterocycles. The van der Waals surface area contributed by atoms with E-state index in [2.05, 4.69) is 15.3 Å². The van der Waals surface area contributed by atoms with E-state index in [-0.39, 0.29) is 34.6 Å². The van der Waals surface area contributed by atoms with E-state index in [1.165, 1.54) is 11.3 Å². The fraction of sp³-hybridized carbons (Fsp3) is 0.471. The molecule has 0 saturated carbocycles. The van der Waals surface area contributed by atoms with Crippen molar-refractivity contribution < 1.29 is 18.7 Å². The Kier molecular flexibility index (Phi) is 6.47. The van der Waals surface area contributed by atoms with Crippen molar-refractivity contribution in [3.05, 3.63) is 32.5 Å². The lowest BCUT2D eigenvalue weighted by molar-refractivity contribution is 0.0520. The van der Waals surface area contributed by atoms with Gasteiger partial charge in [0.05, 0.1) is 29.2 Å². The third kappa shape index (κ3) is 4.26. The van der Waals surface area contributed by atoms with Gasteiger partial charge in [-0.1, -0.05) is 23.2 Å². The molecule has 11 heteroatoms. The molecule has 1 amide bonds. The van der Waals surface area contributed by atoms with E-state index in [9.17, 15) is 14.0 Å². The van der Waals surface area contributed by atoms with Crippen LogP contribution in [-0.4, -0.2) is 53.8 Å². The van der Waals surface area contributed by atoms with Crippen molar-refractivity contribution in [2.24, 2.45) is 0 Å². The summed E-state index contributed by atoms with van der Waals surface area (Å²) >= 11 is 13.3. The number of halogens is 3. The van der Waals surface area contributed by atoms with E-state index >= 15 is 0 Å².